The van der Waals surface area contributed by atoms with E-state index in [1.54, 1.807) is 12.1 Å². The van der Waals surface area contributed by atoms with Crippen molar-refractivity contribution < 1.29 is 8.78 Å². The Morgan fingerprint density at radius 3 is 2.74 bits per heavy atom. The zero-order valence-electron chi connectivity index (χ0n) is 10.9. The van der Waals surface area contributed by atoms with Gasteiger partial charge in [0.2, 0.25) is 0 Å². The van der Waals surface area contributed by atoms with Crippen LogP contribution in [0.2, 0.25) is 0 Å². The van der Waals surface area contributed by atoms with Crippen molar-refractivity contribution >= 4 is 11.8 Å². The van der Waals surface area contributed by atoms with Gasteiger partial charge >= 0.3 is 0 Å². The quantitative estimate of drug-likeness (QED) is 0.922. The summed E-state index contributed by atoms with van der Waals surface area (Å²) < 4.78 is 25.5. The summed E-state index contributed by atoms with van der Waals surface area (Å²) in [6.45, 7) is 2.44. The summed E-state index contributed by atoms with van der Waals surface area (Å²) in [6, 6.07) is 6.73. The molecule has 1 aromatic carbocycles. The smallest absolute Gasteiger partial charge is 0.263 e. The molecule has 0 saturated carbocycles. The van der Waals surface area contributed by atoms with E-state index in [9.17, 15) is 8.78 Å². The van der Waals surface area contributed by atoms with Gasteiger partial charge in [-0.2, -0.15) is 11.8 Å². The summed E-state index contributed by atoms with van der Waals surface area (Å²) in [5.74, 6) is 2.26. The Bertz CT molecular complexity index is 393. The monoisotopic (exact) mass is 286 g/mol. The van der Waals surface area contributed by atoms with Crippen LogP contribution in [0.4, 0.5) is 8.78 Å². The predicted octanol–water partition coefficient (Wildman–Crippen LogP) is 3.06. The van der Waals surface area contributed by atoms with Crippen LogP contribution >= 0.6 is 11.8 Å². The highest BCUT2D eigenvalue weighted by Gasteiger charge is 2.21. The number of hydrogen-bond donors (Lipinski definition) is 1. The lowest BCUT2D eigenvalue weighted by molar-refractivity contribution is 0.151. The van der Waals surface area contributed by atoms with E-state index in [4.69, 9.17) is 5.73 Å². The minimum Gasteiger partial charge on any atom is -0.329 e. The molecule has 1 fully saturated rings. The third-order valence-corrected chi connectivity index (χ3v) is 4.52. The highest BCUT2D eigenvalue weighted by atomic mass is 32.2. The molecule has 2 rings (SSSR count). The summed E-state index contributed by atoms with van der Waals surface area (Å²) in [4.78, 5) is 2.32. The zero-order valence-corrected chi connectivity index (χ0v) is 11.7. The van der Waals surface area contributed by atoms with Crippen molar-refractivity contribution in [3.8, 4) is 0 Å². The second-order valence-electron chi connectivity index (χ2n) is 4.72. The van der Waals surface area contributed by atoms with Gasteiger partial charge in [-0.15, -0.1) is 0 Å². The zero-order chi connectivity index (χ0) is 13.7. The van der Waals surface area contributed by atoms with Gasteiger partial charge in [-0.3, -0.25) is 4.90 Å². The maximum Gasteiger partial charge on any atom is 0.263 e. The fraction of sp³-hybridized carbons (Fsp3) is 0.571. The van der Waals surface area contributed by atoms with Crippen molar-refractivity contribution in [2.24, 2.45) is 5.73 Å². The number of nitrogens with zero attached hydrogens (tertiary/aromatic N) is 1. The lowest BCUT2D eigenvalue weighted by Crippen LogP contribution is -2.35. The van der Waals surface area contributed by atoms with Gasteiger partial charge in [-0.05, 0) is 30.3 Å². The molecule has 106 valence electrons. The van der Waals surface area contributed by atoms with Gasteiger partial charge in [-0.25, -0.2) is 8.78 Å². The fourth-order valence-corrected chi connectivity index (χ4v) is 3.38. The van der Waals surface area contributed by atoms with Crippen molar-refractivity contribution in [3.63, 3.8) is 0 Å². The van der Waals surface area contributed by atoms with Gasteiger partial charge in [0.25, 0.3) is 6.43 Å². The van der Waals surface area contributed by atoms with E-state index in [0.29, 0.717) is 6.54 Å². The first kappa shape index (κ1) is 14.8. The Morgan fingerprint density at radius 1 is 1.21 bits per heavy atom. The molecule has 1 aromatic rings. The fourth-order valence-electron chi connectivity index (χ4n) is 2.48. The number of thioether (sulfide) groups is 1. The van der Waals surface area contributed by atoms with Crippen LogP contribution in [0, 0.1) is 0 Å². The van der Waals surface area contributed by atoms with Gasteiger partial charge in [0, 0.05) is 30.4 Å². The van der Waals surface area contributed by atoms with E-state index in [-0.39, 0.29) is 11.6 Å². The van der Waals surface area contributed by atoms with E-state index in [1.807, 2.05) is 17.8 Å². The van der Waals surface area contributed by atoms with Crippen LogP contribution in [0.3, 0.4) is 0 Å². The second-order valence-corrected chi connectivity index (χ2v) is 5.95. The van der Waals surface area contributed by atoms with E-state index in [0.717, 1.165) is 30.8 Å². The average molecular weight is 286 g/mol. The molecule has 19 heavy (non-hydrogen) atoms. The van der Waals surface area contributed by atoms with Crippen molar-refractivity contribution in [1.82, 2.24) is 4.90 Å². The van der Waals surface area contributed by atoms with E-state index in [2.05, 4.69) is 4.90 Å². The molecule has 5 heteroatoms. The second kappa shape index (κ2) is 7.22. The van der Waals surface area contributed by atoms with Crippen LogP contribution < -0.4 is 5.73 Å². The molecule has 1 aliphatic heterocycles. The van der Waals surface area contributed by atoms with Crippen LogP contribution in [-0.4, -0.2) is 36.0 Å². The van der Waals surface area contributed by atoms with Crippen molar-refractivity contribution in [1.29, 1.82) is 0 Å². The third kappa shape index (κ3) is 3.91. The maximum absolute atomic E-state index is 12.8. The number of alkyl halides is 2. The molecule has 2 nitrogen and oxygen atoms in total. The molecule has 0 spiro atoms. The van der Waals surface area contributed by atoms with Crippen molar-refractivity contribution in [2.45, 2.75) is 18.9 Å². The van der Waals surface area contributed by atoms with Crippen molar-refractivity contribution in [3.05, 3.63) is 35.4 Å². The molecule has 1 atom stereocenters. The molecule has 1 saturated heterocycles. The van der Waals surface area contributed by atoms with E-state index >= 15 is 0 Å². The number of nitrogens with two attached hydrogens (primary N) is 1. The van der Waals surface area contributed by atoms with Crippen molar-refractivity contribution in [2.75, 3.05) is 31.1 Å². The van der Waals surface area contributed by atoms with Gasteiger partial charge in [0.05, 0.1) is 0 Å². The highest BCUT2D eigenvalue weighted by molar-refractivity contribution is 7.99. The van der Waals surface area contributed by atoms with E-state index < -0.39 is 6.43 Å². The molecule has 2 N–H and O–H groups in total. The molecule has 1 heterocycles. The van der Waals surface area contributed by atoms with Gasteiger partial charge in [0.15, 0.2) is 0 Å². The van der Waals surface area contributed by atoms with Crippen LogP contribution in [0.15, 0.2) is 24.3 Å². The number of benzene rings is 1. The Hall–Kier alpha value is -0.650. The molecule has 1 aliphatic rings. The topological polar surface area (TPSA) is 29.3 Å². The third-order valence-electron chi connectivity index (χ3n) is 3.47. The van der Waals surface area contributed by atoms with Crippen LogP contribution in [0.5, 0.6) is 0 Å². The summed E-state index contributed by atoms with van der Waals surface area (Å²) in [5.41, 5.74) is 6.87. The SMILES string of the molecule is NCC(c1cccc(C(F)F)c1)N1CCCSCC1. The normalized spacial score (nSPS) is 19.4. The van der Waals surface area contributed by atoms with Crippen LogP contribution in [-0.2, 0) is 0 Å². The first-order chi connectivity index (χ1) is 9.22. The Labute approximate surface area is 117 Å². The molecule has 0 amide bonds. The average Bonchev–Trinajstić information content (AvgIpc) is 2.69. The Balaban J connectivity index is 2.17. The molecule has 0 aliphatic carbocycles. The maximum atomic E-state index is 12.8. The van der Waals surface area contributed by atoms with Crippen LogP contribution in [0.25, 0.3) is 0 Å². The molecular weight excluding hydrogens is 266 g/mol. The Morgan fingerprint density at radius 2 is 2.00 bits per heavy atom. The lowest BCUT2D eigenvalue weighted by Gasteiger charge is -2.30. The van der Waals surface area contributed by atoms with Gasteiger partial charge in [0.1, 0.15) is 0 Å². The number of halogens is 2. The summed E-state index contributed by atoms with van der Waals surface area (Å²) in [6.07, 6.45) is -1.28. The molecular formula is C14H20F2N2S. The summed E-state index contributed by atoms with van der Waals surface area (Å²) in [7, 11) is 0. The van der Waals surface area contributed by atoms with Gasteiger partial charge in [-0.1, -0.05) is 18.2 Å². The lowest BCUT2D eigenvalue weighted by atomic mass is 10.0. The Kier molecular flexibility index (Phi) is 5.60. The summed E-state index contributed by atoms with van der Waals surface area (Å²) >= 11 is 1.95. The van der Waals surface area contributed by atoms with E-state index in [1.165, 1.54) is 11.8 Å². The highest BCUT2D eigenvalue weighted by Crippen LogP contribution is 2.26. The minimum atomic E-state index is -2.42. The molecule has 1 unspecified atom stereocenters. The minimum absolute atomic E-state index is 0.0531. The number of hydrogen-bond acceptors (Lipinski definition) is 3. The van der Waals surface area contributed by atoms with Gasteiger partial charge < -0.3 is 5.73 Å². The molecule has 0 aromatic heterocycles. The number of rotatable bonds is 4. The first-order valence-electron chi connectivity index (χ1n) is 6.62. The van der Waals surface area contributed by atoms with Crippen LogP contribution in [0.1, 0.15) is 30.0 Å². The molecule has 0 bridgehead atoms. The largest absolute Gasteiger partial charge is 0.329 e. The molecule has 0 radical (unpaired) electrons. The standard InChI is InChI=1S/C14H20F2N2S/c15-14(16)12-4-1-3-11(9-12)13(10-17)18-5-2-7-19-8-6-18/h1,3-4,9,13-14H,2,5-8,10,17H2. The summed E-state index contributed by atoms with van der Waals surface area (Å²) in [5, 5.41) is 0. The first-order valence-corrected chi connectivity index (χ1v) is 7.77. The predicted molar refractivity (Wildman–Crippen MR) is 76.7 cm³/mol.